The average molecular weight is 315 g/mol. The molecule has 2 amide bonds. The number of halogens is 1. The van der Waals surface area contributed by atoms with Crippen LogP contribution in [0.2, 0.25) is 5.02 Å². The highest BCUT2D eigenvalue weighted by atomic mass is 35.5. The minimum atomic E-state index is -0.947. The molecule has 1 aromatic rings. The van der Waals surface area contributed by atoms with Gasteiger partial charge < -0.3 is 20.1 Å². The average Bonchev–Trinajstić information content (AvgIpc) is 2.39. The van der Waals surface area contributed by atoms with Crippen LogP contribution < -0.4 is 5.32 Å². The largest absolute Gasteiger partial charge is 0.389 e. The van der Waals surface area contributed by atoms with Gasteiger partial charge in [0.2, 0.25) is 0 Å². The van der Waals surface area contributed by atoms with E-state index in [0.29, 0.717) is 23.9 Å². The summed E-state index contributed by atoms with van der Waals surface area (Å²) in [5, 5.41) is 13.2. The molecule has 21 heavy (non-hydrogen) atoms. The molecule has 6 heteroatoms. The molecule has 118 valence electrons. The van der Waals surface area contributed by atoms with Crippen LogP contribution in [0.3, 0.4) is 0 Å². The number of benzene rings is 1. The normalized spacial score (nSPS) is 11.3. The maximum Gasteiger partial charge on any atom is 0.321 e. The van der Waals surface area contributed by atoms with Gasteiger partial charge in [0.25, 0.3) is 0 Å². The van der Waals surface area contributed by atoms with Crippen LogP contribution in [0.1, 0.15) is 26.3 Å². The van der Waals surface area contributed by atoms with Crippen molar-refractivity contribution in [3.05, 3.63) is 28.8 Å². The first-order chi connectivity index (χ1) is 9.78. The van der Waals surface area contributed by atoms with Crippen LogP contribution >= 0.6 is 11.6 Å². The van der Waals surface area contributed by atoms with Crippen molar-refractivity contribution in [1.29, 1.82) is 0 Å². The molecule has 0 spiro atoms. The maximum absolute atomic E-state index is 12.3. The number of hydrogen-bond donors (Lipinski definition) is 2. The molecule has 0 fully saturated rings. The Morgan fingerprint density at radius 2 is 2.14 bits per heavy atom. The van der Waals surface area contributed by atoms with Gasteiger partial charge >= 0.3 is 6.03 Å². The second-order valence-electron chi connectivity index (χ2n) is 5.46. The fourth-order valence-electron chi connectivity index (χ4n) is 1.96. The number of carbonyl (C=O) groups is 1. The molecule has 0 aromatic heterocycles. The Morgan fingerprint density at radius 1 is 1.48 bits per heavy atom. The van der Waals surface area contributed by atoms with Crippen molar-refractivity contribution < 1.29 is 14.6 Å². The third-order valence-corrected chi connectivity index (χ3v) is 3.25. The van der Waals surface area contributed by atoms with E-state index in [2.05, 4.69) is 5.32 Å². The van der Waals surface area contributed by atoms with Crippen LogP contribution in [-0.4, -0.2) is 41.8 Å². The van der Waals surface area contributed by atoms with E-state index in [1.807, 2.05) is 6.92 Å². The van der Waals surface area contributed by atoms with Crippen LogP contribution in [0.25, 0.3) is 0 Å². The van der Waals surface area contributed by atoms with E-state index < -0.39 is 5.60 Å². The molecule has 0 heterocycles. The van der Waals surface area contributed by atoms with Crippen LogP contribution in [0.4, 0.5) is 10.5 Å². The molecule has 0 unspecified atom stereocenters. The number of nitrogens with zero attached hydrogens (tertiary/aromatic N) is 1. The summed E-state index contributed by atoms with van der Waals surface area (Å²) in [6, 6.07) is 5.01. The summed E-state index contributed by atoms with van der Waals surface area (Å²) in [4.78, 5) is 13.8. The van der Waals surface area contributed by atoms with E-state index in [1.165, 1.54) is 4.90 Å². The molecule has 0 atom stereocenters. The van der Waals surface area contributed by atoms with Crippen molar-refractivity contribution in [2.24, 2.45) is 0 Å². The SMILES string of the molecule is CCN(CC(C)(C)O)C(=O)Nc1cccc(Cl)c1COC. The van der Waals surface area contributed by atoms with Crippen molar-refractivity contribution in [3.63, 3.8) is 0 Å². The van der Waals surface area contributed by atoms with Crippen molar-refractivity contribution in [1.82, 2.24) is 4.90 Å². The van der Waals surface area contributed by atoms with Gasteiger partial charge in [-0.25, -0.2) is 4.79 Å². The Hall–Kier alpha value is -1.30. The number of hydrogen-bond acceptors (Lipinski definition) is 3. The van der Waals surface area contributed by atoms with Crippen molar-refractivity contribution in [2.45, 2.75) is 33.0 Å². The molecule has 0 aliphatic carbocycles. The Morgan fingerprint density at radius 3 is 2.67 bits per heavy atom. The fourth-order valence-corrected chi connectivity index (χ4v) is 2.18. The number of aliphatic hydroxyl groups is 1. The van der Waals surface area contributed by atoms with Gasteiger partial charge in [-0.1, -0.05) is 17.7 Å². The summed E-state index contributed by atoms with van der Waals surface area (Å²) in [6.07, 6.45) is 0. The Balaban J connectivity index is 2.89. The number of urea groups is 1. The van der Waals surface area contributed by atoms with E-state index >= 15 is 0 Å². The summed E-state index contributed by atoms with van der Waals surface area (Å²) in [6.45, 7) is 6.25. The number of nitrogens with one attached hydrogen (secondary N) is 1. The van der Waals surface area contributed by atoms with Crippen LogP contribution in [-0.2, 0) is 11.3 Å². The minimum Gasteiger partial charge on any atom is -0.389 e. The number of rotatable bonds is 6. The number of anilines is 1. The summed E-state index contributed by atoms with van der Waals surface area (Å²) in [5.74, 6) is 0. The second kappa shape index (κ2) is 7.64. The quantitative estimate of drug-likeness (QED) is 0.848. The Kier molecular flexibility index (Phi) is 6.45. The van der Waals surface area contributed by atoms with Gasteiger partial charge in [0, 0.05) is 29.9 Å². The molecule has 1 aromatic carbocycles. The topological polar surface area (TPSA) is 61.8 Å². The number of carbonyl (C=O) groups excluding carboxylic acids is 1. The standard InChI is InChI=1S/C15H23ClN2O3/c1-5-18(10-15(2,3)20)14(19)17-13-8-6-7-12(16)11(13)9-21-4/h6-8,20H,5,9-10H2,1-4H3,(H,17,19). The number of methoxy groups -OCH3 is 1. The Labute approximate surface area is 130 Å². The zero-order valence-electron chi connectivity index (χ0n) is 12.9. The fraction of sp³-hybridized carbons (Fsp3) is 0.533. The molecule has 0 aliphatic rings. The lowest BCUT2D eigenvalue weighted by Crippen LogP contribution is -2.44. The van der Waals surface area contributed by atoms with Crippen molar-refractivity contribution in [3.8, 4) is 0 Å². The van der Waals surface area contributed by atoms with Gasteiger partial charge in [-0.3, -0.25) is 0 Å². The molecule has 0 aliphatic heterocycles. The van der Waals surface area contributed by atoms with Gasteiger partial charge in [-0.15, -0.1) is 0 Å². The highest BCUT2D eigenvalue weighted by molar-refractivity contribution is 6.31. The maximum atomic E-state index is 12.3. The monoisotopic (exact) mass is 314 g/mol. The lowest BCUT2D eigenvalue weighted by Gasteiger charge is -2.28. The van der Waals surface area contributed by atoms with Gasteiger partial charge in [-0.2, -0.15) is 0 Å². The highest BCUT2D eigenvalue weighted by Gasteiger charge is 2.22. The molecule has 0 saturated carbocycles. The lowest BCUT2D eigenvalue weighted by atomic mass is 10.1. The van der Waals surface area contributed by atoms with E-state index in [9.17, 15) is 9.90 Å². The summed E-state index contributed by atoms with van der Waals surface area (Å²) < 4.78 is 5.11. The first kappa shape index (κ1) is 17.8. The van der Waals surface area contributed by atoms with E-state index in [0.717, 1.165) is 5.56 Å². The predicted molar refractivity (Wildman–Crippen MR) is 84.7 cm³/mol. The summed E-state index contributed by atoms with van der Waals surface area (Å²) in [7, 11) is 1.57. The zero-order valence-corrected chi connectivity index (χ0v) is 13.7. The number of likely N-dealkylation sites (N-methyl/N-ethyl adjacent to an activating group) is 1. The molecule has 1 rings (SSSR count). The van der Waals surface area contributed by atoms with Gasteiger partial charge in [0.05, 0.1) is 18.8 Å². The van der Waals surface area contributed by atoms with Gasteiger partial charge in [0.1, 0.15) is 0 Å². The number of amides is 2. The van der Waals surface area contributed by atoms with Crippen molar-refractivity contribution in [2.75, 3.05) is 25.5 Å². The lowest BCUT2D eigenvalue weighted by molar-refractivity contribution is 0.0501. The molecule has 2 N–H and O–H groups in total. The molecule has 0 radical (unpaired) electrons. The minimum absolute atomic E-state index is 0.246. The smallest absolute Gasteiger partial charge is 0.321 e. The van der Waals surface area contributed by atoms with E-state index in [1.54, 1.807) is 39.2 Å². The number of ether oxygens (including phenoxy) is 1. The Bertz CT molecular complexity index is 486. The van der Waals surface area contributed by atoms with E-state index in [-0.39, 0.29) is 12.6 Å². The first-order valence-electron chi connectivity index (χ1n) is 6.83. The molecule has 0 bridgehead atoms. The molecular formula is C15H23ClN2O3. The summed E-state index contributed by atoms with van der Waals surface area (Å²) >= 11 is 6.13. The van der Waals surface area contributed by atoms with Gasteiger partial charge in [0.15, 0.2) is 0 Å². The molecule has 5 nitrogen and oxygen atoms in total. The third kappa shape index (κ3) is 5.53. The van der Waals surface area contributed by atoms with Crippen LogP contribution in [0.15, 0.2) is 18.2 Å². The predicted octanol–water partition coefficient (Wildman–Crippen LogP) is 3.11. The van der Waals surface area contributed by atoms with Crippen LogP contribution in [0, 0.1) is 0 Å². The molecule has 0 saturated heterocycles. The van der Waals surface area contributed by atoms with Gasteiger partial charge in [-0.05, 0) is 32.9 Å². The highest BCUT2D eigenvalue weighted by Crippen LogP contribution is 2.25. The van der Waals surface area contributed by atoms with Crippen LogP contribution in [0.5, 0.6) is 0 Å². The second-order valence-corrected chi connectivity index (χ2v) is 5.86. The third-order valence-electron chi connectivity index (χ3n) is 2.90. The first-order valence-corrected chi connectivity index (χ1v) is 7.21. The van der Waals surface area contributed by atoms with Crippen molar-refractivity contribution >= 4 is 23.3 Å². The molecular weight excluding hydrogens is 292 g/mol. The zero-order chi connectivity index (χ0) is 16.0. The summed E-state index contributed by atoms with van der Waals surface area (Å²) in [5.41, 5.74) is 0.398. The van der Waals surface area contributed by atoms with E-state index in [4.69, 9.17) is 16.3 Å².